The van der Waals surface area contributed by atoms with Crippen LogP contribution in [-0.2, 0) is 4.79 Å². The molecule has 0 atom stereocenters. The molecule has 1 amide bonds. The van der Waals surface area contributed by atoms with Crippen molar-refractivity contribution in [1.29, 1.82) is 5.26 Å². The maximum atomic E-state index is 12.1. The van der Waals surface area contributed by atoms with Crippen molar-refractivity contribution in [3.05, 3.63) is 67.9 Å². The predicted molar refractivity (Wildman–Crippen MR) is 102 cm³/mol. The number of anilines is 2. The van der Waals surface area contributed by atoms with E-state index in [1.165, 1.54) is 12.3 Å². The van der Waals surface area contributed by atoms with E-state index in [-0.39, 0.29) is 5.57 Å². The number of nitrogens with zero attached hydrogens (tertiary/aromatic N) is 1. The van der Waals surface area contributed by atoms with Crippen LogP contribution in [0.2, 0.25) is 10.0 Å². The lowest BCUT2D eigenvalue weighted by atomic mass is 10.2. The lowest BCUT2D eigenvalue weighted by Gasteiger charge is -2.07. The maximum Gasteiger partial charge on any atom is 0.267 e. The number of rotatable bonds is 4. The molecule has 0 saturated heterocycles. The Bertz CT molecular complexity index is 798. The molecule has 0 fully saturated rings. The standard InChI is InChI=1S/C16H10Cl2IN3O/c17-11-1-6-14(18)15(7-11)22-16(23)10(8-20)9-21-13-4-2-12(19)3-5-13/h1-7,9,21H,(H,22,23)/b10-9-. The topological polar surface area (TPSA) is 64.9 Å². The van der Waals surface area contributed by atoms with E-state index in [2.05, 4.69) is 33.2 Å². The third-order valence-electron chi connectivity index (χ3n) is 2.77. The van der Waals surface area contributed by atoms with Gasteiger partial charge in [-0.1, -0.05) is 23.2 Å². The first-order valence-corrected chi connectivity index (χ1v) is 8.22. The molecular formula is C16H10Cl2IN3O. The predicted octanol–water partition coefficient (Wildman–Crippen LogP) is 5.06. The van der Waals surface area contributed by atoms with E-state index in [9.17, 15) is 4.79 Å². The molecule has 7 heteroatoms. The summed E-state index contributed by atoms with van der Waals surface area (Å²) in [6.45, 7) is 0. The van der Waals surface area contributed by atoms with Crippen LogP contribution in [0.15, 0.2) is 54.2 Å². The molecule has 2 rings (SSSR count). The zero-order valence-corrected chi connectivity index (χ0v) is 15.3. The molecule has 0 heterocycles. The van der Waals surface area contributed by atoms with Gasteiger partial charge in [-0.2, -0.15) is 5.26 Å². The molecule has 0 radical (unpaired) electrons. The summed E-state index contributed by atoms with van der Waals surface area (Å²) in [6.07, 6.45) is 1.34. The highest BCUT2D eigenvalue weighted by atomic mass is 127. The summed E-state index contributed by atoms with van der Waals surface area (Å²) in [7, 11) is 0. The van der Waals surface area contributed by atoms with E-state index in [0.29, 0.717) is 15.7 Å². The average Bonchev–Trinajstić information content (AvgIpc) is 2.53. The molecule has 2 N–H and O–H groups in total. The Morgan fingerprint density at radius 2 is 1.87 bits per heavy atom. The largest absolute Gasteiger partial charge is 0.360 e. The van der Waals surface area contributed by atoms with E-state index in [4.69, 9.17) is 28.5 Å². The van der Waals surface area contributed by atoms with Gasteiger partial charge in [-0.3, -0.25) is 4.79 Å². The summed E-state index contributed by atoms with van der Waals surface area (Å²) in [5.74, 6) is -0.574. The molecule has 116 valence electrons. The van der Waals surface area contributed by atoms with Crippen molar-refractivity contribution in [2.45, 2.75) is 0 Å². The molecule has 0 spiro atoms. The Labute approximate surface area is 157 Å². The minimum atomic E-state index is -0.574. The molecule has 2 aromatic carbocycles. The van der Waals surface area contributed by atoms with Crippen molar-refractivity contribution in [2.75, 3.05) is 10.6 Å². The molecule has 0 aliphatic carbocycles. The Morgan fingerprint density at radius 3 is 2.52 bits per heavy atom. The second kappa shape index (κ2) is 8.20. The first-order chi connectivity index (χ1) is 11.0. The molecule has 0 unspecified atom stereocenters. The normalized spacial score (nSPS) is 10.8. The summed E-state index contributed by atoms with van der Waals surface area (Å²) in [5.41, 5.74) is 1.03. The van der Waals surface area contributed by atoms with Gasteiger partial charge in [0.05, 0.1) is 10.7 Å². The second-order valence-corrected chi connectivity index (χ2v) is 6.49. The van der Waals surface area contributed by atoms with E-state index in [1.54, 1.807) is 12.1 Å². The van der Waals surface area contributed by atoms with Gasteiger partial charge in [0.1, 0.15) is 11.6 Å². The van der Waals surface area contributed by atoms with E-state index in [0.717, 1.165) is 9.26 Å². The monoisotopic (exact) mass is 457 g/mol. The summed E-state index contributed by atoms with van der Waals surface area (Å²) in [5, 5.41) is 15.4. The van der Waals surface area contributed by atoms with E-state index in [1.807, 2.05) is 30.3 Å². The van der Waals surface area contributed by atoms with Crippen LogP contribution in [0.5, 0.6) is 0 Å². The smallest absolute Gasteiger partial charge is 0.267 e. The van der Waals surface area contributed by atoms with Gasteiger partial charge in [0.2, 0.25) is 0 Å². The molecule has 2 aromatic rings. The van der Waals surface area contributed by atoms with Gasteiger partial charge >= 0.3 is 0 Å². The summed E-state index contributed by atoms with van der Waals surface area (Å²) in [6, 6.07) is 14.1. The summed E-state index contributed by atoms with van der Waals surface area (Å²) < 4.78 is 1.09. The average molecular weight is 458 g/mol. The number of amides is 1. The zero-order chi connectivity index (χ0) is 16.8. The van der Waals surface area contributed by atoms with Gasteiger partial charge in [0.15, 0.2) is 0 Å². The van der Waals surface area contributed by atoms with Crippen molar-refractivity contribution in [2.24, 2.45) is 0 Å². The van der Waals surface area contributed by atoms with Crippen LogP contribution >= 0.6 is 45.8 Å². The first kappa shape index (κ1) is 17.6. The Morgan fingerprint density at radius 1 is 1.17 bits per heavy atom. The molecular weight excluding hydrogens is 448 g/mol. The highest BCUT2D eigenvalue weighted by Gasteiger charge is 2.11. The fraction of sp³-hybridized carbons (Fsp3) is 0. The van der Waals surface area contributed by atoms with Gasteiger partial charge < -0.3 is 10.6 Å². The molecule has 0 aromatic heterocycles. The molecule has 0 bridgehead atoms. The summed E-state index contributed by atoms with van der Waals surface area (Å²) >= 11 is 14.0. The van der Waals surface area contributed by atoms with Crippen LogP contribution in [0.3, 0.4) is 0 Å². The quantitative estimate of drug-likeness (QED) is 0.383. The minimum absolute atomic E-state index is 0.0837. The first-order valence-electron chi connectivity index (χ1n) is 6.38. The molecule has 0 saturated carbocycles. The van der Waals surface area contributed by atoms with Gasteiger partial charge in [-0.15, -0.1) is 0 Å². The highest BCUT2D eigenvalue weighted by Crippen LogP contribution is 2.25. The minimum Gasteiger partial charge on any atom is -0.360 e. The number of nitrogens with one attached hydrogen (secondary N) is 2. The van der Waals surface area contributed by atoms with Crippen LogP contribution < -0.4 is 10.6 Å². The highest BCUT2D eigenvalue weighted by molar-refractivity contribution is 14.1. The van der Waals surface area contributed by atoms with E-state index >= 15 is 0 Å². The molecule has 23 heavy (non-hydrogen) atoms. The Hall–Kier alpha value is -1.75. The number of nitriles is 1. The maximum absolute atomic E-state index is 12.1. The number of hydrogen-bond acceptors (Lipinski definition) is 3. The lowest BCUT2D eigenvalue weighted by Crippen LogP contribution is -2.14. The number of carbonyl (C=O) groups is 1. The fourth-order valence-electron chi connectivity index (χ4n) is 1.63. The van der Waals surface area contributed by atoms with Crippen molar-refractivity contribution in [3.63, 3.8) is 0 Å². The van der Waals surface area contributed by atoms with Crippen molar-refractivity contribution >= 4 is 63.1 Å². The van der Waals surface area contributed by atoms with Crippen LogP contribution in [0.4, 0.5) is 11.4 Å². The Kier molecular flexibility index (Phi) is 6.28. The van der Waals surface area contributed by atoms with E-state index < -0.39 is 5.91 Å². The Balaban J connectivity index is 2.12. The van der Waals surface area contributed by atoms with Gasteiger partial charge in [-0.05, 0) is 65.1 Å². The number of carbonyl (C=O) groups excluding carboxylic acids is 1. The SMILES string of the molecule is N#C/C(=C/Nc1ccc(I)cc1)C(=O)Nc1cc(Cl)ccc1Cl. The van der Waals surface area contributed by atoms with Crippen LogP contribution in [0.1, 0.15) is 0 Å². The van der Waals surface area contributed by atoms with Crippen molar-refractivity contribution in [1.82, 2.24) is 0 Å². The fourth-order valence-corrected chi connectivity index (χ4v) is 2.33. The molecule has 4 nitrogen and oxygen atoms in total. The molecule has 0 aliphatic rings. The van der Waals surface area contributed by atoms with Crippen molar-refractivity contribution in [3.8, 4) is 6.07 Å². The van der Waals surface area contributed by atoms with Gasteiger partial charge in [-0.25, -0.2) is 0 Å². The van der Waals surface area contributed by atoms with Crippen LogP contribution in [0, 0.1) is 14.9 Å². The van der Waals surface area contributed by atoms with Gasteiger partial charge in [0.25, 0.3) is 5.91 Å². The number of halogens is 3. The van der Waals surface area contributed by atoms with Crippen LogP contribution in [0.25, 0.3) is 0 Å². The number of benzene rings is 2. The van der Waals surface area contributed by atoms with Crippen molar-refractivity contribution < 1.29 is 4.79 Å². The van der Waals surface area contributed by atoms with Gasteiger partial charge in [0, 0.05) is 20.5 Å². The lowest BCUT2D eigenvalue weighted by molar-refractivity contribution is -0.112. The second-order valence-electron chi connectivity index (χ2n) is 4.40. The van der Waals surface area contributed by atoms with Crippen LogP contribution in [-0.4, -0.2) is 5.91 Å². The third-order valence-corrected chi connectivity index (χ3v) is 4.05. The summed E-state index contributed by atoms with van der Waals surface area (Å²) in [4.78, 5) is 12.1. The third kappa shape index (κ3) is 5.13. The number of hydrogen-bond donors (Lipinski definition) is 2. The molecule has 0 aliphatic heterocycles. The zero-order valence-electron chi connectivity index (χ0n) is 11.6.